The van der Waals surface area contributed by atoms with Crippen LogP contribution in [-0.2, 0) is 18.3 Å². The lowest BCUT2D eigenvalue weighted by Crippen LogP contribution is -2.49. The predicted octanol–water partition coefficient (Wildman–Crippen LogP) is 3.14. The van der Waals surface area contributed by atoms with Gasteiger partial charge in [0.2, 0.25) is 5.91 Å². The monoisotopic (exact) mass is 434 g/mol. The Morgan fingerprint density at radius 3 is 2.84 bits per heavy atom. The molecule has 0 N–H and O–H groups in total. The molecular formula is C25H30N4O3. The van der Waals surface area contributed by atoms with E-state index < -0.39 is 0 Å². The van der Waals surface area contributed by atoms with Gasteiger partial charge in [-0.05, 0) is 62.3 Å². The lowest BCUT2D eigenvalue weighted by molar-refractivity contribution is -0.135. The van der Waals surface area contributed by atoms with Crippen LogP contribution in [0.25, 0.3) is 0 Å². The van der Waals surface area contributed by atoms with Gasteiger partial charge >= 0.3 is 0 Å². The van der Waals surface area contributed by atoms with E-state index in [1.54, 1.807) is 28.8 Å². The number of benzene rings is 1. The van der Waals surface area contributed by atoms with E-state index in [1.807, 2.05) is 17.0 Å². The Bertz CT molecular complexity index is 1020. The van der Waals surface area contributed by atoms with Crippen LogP contribution in [0.2, 0.25) is 0 Å². The van der Waals surface area contributed by atoms with E-state index in [1.165, 1.54) is 5.56 Å². The molecule has 1 fully saturated rings. The maximum absolute atomic E-state index is 13.3. The molecule has 0 spiro atoms. The fraction of sp³-hybridized carbons (Fsp3) is 0.480. The van der Waals surface area contributed by atoms with Gasteiger partial charge in [0.25, 0.3) is 5.91 Å². The smallest absolute Gasteiger partial charge is 0.270 e. The largest absolute Gasteiger partial charge is 0.494 e. The molecule has 0 radical (unpaired) electrons. The van der Waals surface area contributed by atoms with Crippen molar-refractivity contribution >= 4 is 11.8 Å². The highest BCUT2D eigenvalue weighted by Gasteiger charge is 2.30. The van der Waals surface area contributed by atoms with Crippen LogP contribution in [0.4, 0.5) is 0 Å². The third-order valence-electron chi connectivity index (χ3n) is 6.42. The lowest BCUT2D eigenvalue weighted by atomic mass is 9.95. The summed E-state index contributed by atoms with van der Waals surface area (Å²) in [7, 11) is 1.75. The summed E-state index contributed by atoms with van der Waals surface area (Å²) in [4.78, 5) is 30.2. The molecule has 7 heteroatoms. The quantitative estimate of drug-likeness (QED) is 0.691. The van der Waals surface area contributed by atoms with Gasteiger partial charge in [-0.15, -0.1) is 0 Å². The summed E-state index contributed by atoms with van der Waals surface area (Å²) in [6, 6.07) is 12.0. The first-order chi connectivity index (χ1) is 15.5. The average Bonchev–Trinajstić information content (AvgIpc) is 3.19. The Morgan fingerprint density at radius 2 is 2.03 bits per heavy atom. The molecule has 32 heavy (non-hydrogen) atoms. The van der Waals surface area contributed by atoms with Gasteiger partial charge in [0, 0.05) is 32.4 Å². The van der Waals surface area contributed by atoms with Gasteiger partial charge in [-0.3, -0.25) is 9.59 Å². The van der Waals surface area contributed by atoms with Crippen LogP contribution in [0.15, 0.2) is 36.5 Å². The molecule has 0 saturated carbocycles. The topological polar surface area (TPSA) is 78.6 Å². The van der Waals surface area contributed by atoms with Crippen LogP contribution in [0, 0.1) is 11.3 Å². The van der Waals surface area contributed by atoms with Gasteiger partial charge in [-0.25, -0.2) is 0 Å². The van der Waals surface area contributed by atoms with Crippen LogP contribution >= 0.6 is 0 Å². The van der Waals surface area contributed by atoms with E-state index in [9.17, 15) is 14.9 Å². The molecule has 2 aliphatic heterocycles. The molecule has 1 saturated heterocycles. The van der Waals surface area contributed by atoms with E-state index in [0.717, 1.165) is 44.4 Å². The summed E-state index contributed by atoms with van der Waals surface area (Å²) >= 11 is 0. The summed E-state index contributed by atoms with van der Waals surface area (Å²) < 4.78 is 7.58. The van der Waals surface area contributed by atoms with Crippen molar-refractivity contribution in [2.75, 3.05) is 26.2 Å². The van der Waals surface area contributed by atoms with Crippen LogP contribution in [0.5, 0.6) is 5.75 Å². The Morgan fingerprint density at radius 1 is 1.16 bits per heavy atom. The molecule has 2 aromatic rings. The minimum atomic E-state index is -0.231. The number of piperidine rings is 1. The zero-order valence-corrected chi connectivity index (χ0v) is 18.6. The molecule has 3 heterocycles. The molecule has 4 rings (SSSR count). The van der Waals surface area contributed by atoms with Crippen molar-refractivity contribution in [2.45, 2.75) is 44.6 Å². The number of hydrogen-bond donors (Lipinski definition) is 0. The van der Waals surface area contributed by atoms with Crippen molar-refractivity contribution in [3.8, 4) is 11.8 Å². The van der Waals surface area contributed by atoms with Gasteiger partial charge in [0.1, 0.15) is 24.1 Å². The minimum absolute atomic E-state index is 0.00416. The second-order valence-corrected chi connectivity index (χ2v) is 8.69. The van der Waals surface area contributed by atoms with Gasteiger partial charge in [-0.1, -0.05) is 12.1 Å². The number of aromatic nitrogens is 1. The van der Waals surface area contributed by atoms with Gasteiger partial charge < -0.3 is 19.1 Å². The maximum Gasteiger partial charge on any atom is 0.270 e. The lowest BCUT2D eigenvalue weighted by Gasteiger charge is -2.37. The number of carbonyl (C=O) groups excluding carboxylic acids is 2. The van der Waals surface area contributed by atoms with E-state index in [4.69, 9.17) is 4.74 Å². The van der Waals surface area contributed by atoms with Crippen molar-refractivity contribution in [3.63, 3.8) is 0 Å². The van der Waals surface area contributed by atoms with E-state index >= 15 is 0 Å². The molecule has 1 unspecified atom stereocenters. The Balaban J connectivity index is 1.59. The second kappa shape index (κ2) is 9.90. The first-order valence-corrected chi connectivity index (χ1v) is 11.4. The molecule has 2 amide bonds. The number of ether oxygens (including phenoxy) is 1. The third-order valence-corrected chi connectivity index (χ3v) is 6.42. The van der Waals surface area contributed by atoms with Crippen LogP contribution in [0.1, 0.15) is 53.7 Å². The zero-order valence-electron chi connectivity index (χ0n) is 18.6. The number of nitriles is 1. The molecular weight excluding hydrogens is 404 g/mol. The van der Waals surface area contributed by atoms with Crippen molar-refractivity contribution in [1.29, 1.82) is 5.26 Å². The zero-order chi connectivity index (χ0) is 22.5. The van der Waals surface area contributed by atoms with Crippen LogP contribution < -0.4 is 4.74 Å². The van der Waals surface area contributed by atoms with Crippen LogP contribution in [0.3, 0.4) is 0 Å². The van der Waals surface area contributed by atoms with Crippen LogP contribution in [-0.4, -0.2) is 58.5 Å². The van der Waals surface area contributed by atoms with Gasteiger partial charge in [0.05, 0.1) is 12.2 Å². The van der Waals surface area contributed by atoms with Crippen molar-refractivity contribution in [1.82, 2.24) is 14.4 Å². The fourth-order valence-electron chi connectivity index (χ4n) is 4.71. The normalized spacial score (nSPS) is 20.0. The molecule has 2 bridgehead atoms. The minimum Gasteiger partial charge on any atom is -0.494 e. The fourth-order valence-corrected chi connectivity index (χ4v) is 4.71. The third kappa shape index (κ3) is 4.96. The molecule has 168 valence electrons. The van der Waals surface area contributed by atoms with E-state index in [0.29, 0.717) is 30.8 Å². The number of hydrogen-bond acceptors (Lipinski definition) is 4. The Hall–Kier alpha value is -3.27. The highest BCUT2D eigenvalue weighted by atomic mass is 16.5. The standard InChI is InChI=1S/C25H30N4O3/c1-27-17-20(16-26)15-23(27)25(31)28-11-5-13-32-22-8-4-6-19(14-22)9-10-21-7-2-3-12-29(21)24(30)18-28/h4,6,8,14-15,17,21H,2-3,5,7,9-13,18H2,1H3. The first kappa shape index (κ1) is 21.9. The van der Waals surface area contributed by atoms with Crippen molar-refractivity contribution < 1.29 is 14.3 Å². The summed E-state index contributed by atoms with van der Waals surface area (Å²) in [6.45, 7) is 1.67. The second-order valence-electron chi connectivity index (χ2n) is 8.69. The Labute approximate surface area is 189 Å². The molecule has 7 nitrogen and oxygen atoms in total. The molecule has 0 aliphatic carbocycles. The summed E-state index contributed by atoms with van der Waals surface area (Å²) in [5.74, 6) is 0.615. The van der Waals surface area contributed by atoms with Crippen molar-refractivity contribution in [3.05, 3.63) is 53.3 Å². The van der Waals surface area contributed by atoms with Gasteiger partial charge in [0.15, 0.2) is 0 Å². The SMILES string of the molecule is Cn1cc(C#N)cc1C(=O)N1CCCOc2cccc(c2)CCC2CCCCN2C(=O)C1. The number of rotatable bonds is 1. The maximum atomic E-state index is 13.3. The van der Waals surface area contributed by atoms with Gasteiger partial charge in [-0.2, -0.15) is 5.26 Å². The van der Waals surface area contributed by atoms with E-state index in [2.05, 4.69) is 18.2 Å². The molecule has 1 aromatic heterocycles. The highest BCUT2D eigenvalue weighted by Crippen LogP contribution is 2.24. The number of fused-ring (bicyclic) bond motifs is 3. The first-order valence-electron chi connectivity index (χ1n) is 11.4. The number of carbonyl (C=O) groups is 2. The highest BCUT2D eigenvalue weighted by molar-refractivity contribution is 5.95. The average molecular weight is 435 g/mol. The molecule has 1 atom stereocenters. The Kier molecular flexibility index (Phi) is 6.79. The molecule has 2 aliphatic rings. The molecule has 1 aromatic carbocycles. The number of aryl methyl sites for hydroxylation is 2. The number of nitrogens with zero attached hydrogens (tertiary/aromatic N) is 4. The van der Waals surface area contributed by atoms with E-state index in [-0.39, 0.29) is 24.4 Å². The summed E-state index contributed by atoms with van der Waals surface area (Å²) in [5, 5.41) is 9.19. The number of amides is 2. The predicted molar refractivity (Wildman–Crippen MR) is 120 cm³/mol. The summed E-state index contributed by atoms with van der Waals surface area (Å²) in [5.41, 5.74) is 2.08. The van der Waals surface area contributed by atoms with Crippen molar-refractivity contribution in [2.24, 2.45) is 7.05 Å². The summed E-state index contributed by atoms with van der Waals surface area (Å²) in [6.07, 6.45) is 7.18.